The topological polar surface area (TPSA) is 98.8 Å². The van der Waals surface area contributed by atoms with Gasteiger partial charge in [-0.3, -0.25) is 15.0 Å². The number of hydrogen-bond acceptors (Lipinski definition) is 6. The van der Waals surface area contributed by atoms with Gasteiger partial charge in [-0.15, -0.1) is 11.3 Å². The average molecular weight is 423 g/mol. The van der Waals surface area contributed by atoms with Gasteiger partial charge in [-0.1, -0.05) is 24.3 Å². The number of piperazine rings is 1. The van der Waals surface area contributed by atoms with E-state index >= 15 is 0 Å². The molecule has 0 unspecified atom stereocenters. The van der Waals surface area contributed by atoms with Crippen LogP contribution in [0.15, 0.2) is 52.7 Å². The number of carbonyl (C=O) groups is 2. The maximum Gasteiger partial charge on any atom is 0.321 e. The molecule has 2 aromatic rings. The van der Waals surface area contributed by atoms with Gasteiger partial charge in [0.05, 0.1) is 18.0 Å². The number of sulfonamides is 1. The minimum absolute atomic E-state index is 0.0473. The van der Waals surface area contributed by atoms with Crippen LogP contribution in [-0.2, 0) is 21.4 Å². The number of nitrogens with one attached hydrogen (secondary N) is 2. The molecule has 0 saturated carbocycles. The first-order valence-corrected chi connectivity index (χ1v) is 11.1. The Labute approximate surface area is 168 Å². The zero-order chi connectivity index (χ0) is 20.0. The van der Waals surface area contributed by atoms with Gasteiger partial charge < -0.3 is 5.32 Å². The average Bonchev–Trinajstić information content (AvgIpc) is 3.21. The van der Waals surface area contributed by atoms with Crippen molar-refractivity contribution in [1.29, 1.82) is 0 Å². The summed E-state index contributed by atoms with van der Waals surface area (Å²) in [7, 11) is -3.52. The first-order valence-electron chi connectivity index (χ1n) is 8.83. The standard InChI is InChI=1S/C18H22N4O4S2/c23-17(20-18(24)19-13-15-5-4-12-27-15)14-21-8-10-22(11-9-21)28(25,26)16-6-2-1-3-7-16/h1-7,12H,8-11,13-14H2,(H2,19,20,23,24). The minimum Gasteiger partial charge on any atom is -0.333 e. The quantitative estimate of drug-likeness (QED) is 0.726. The van der Waals surface area contributed by atoms with Crippen molar-refractivity contribution >= 4 is 33.3 Å². The van der Waals surface area contributed by atoms with Gasteiger partial charge in [0, 0.05) is 31.1 Å². The third-order valence-electron chi connectivity index (χ3n) is 4.34. The van der Waals surface area contributed by atoms with E-state index < -0.39 is 22.0 Å². The number of hydrogen-bond donors (Lipinski definition) is 2. The Morgan fingerprint density at radius 3 is 2.36 bits per heavy atom. The first-order chi connectivity index (χ1) is 13.4. The van der Waals surface area contributed by atoms with Crippen LogP contribution in [0.2, 0.25) is 0 Å². The van der Waals surface area contributed by atoms with Crippen LogP contribution < -0.4 is 10.6 Å². The van der Waals surface area contributed by atoms with Crippen molar-refractivity contribution in [1.82, 2.24) is 19.8 Å². The normalized spacial score (nSPS) is 15.9. The summed E-state index contributed by atoms with van der Waals surface area (Å²) in [5, 5.41) is 6.85. The van der Waals surface area contributed by atoms with Crippen molar-refractivity contribution in [3.05, 3.63) is 52.7 Å². The Morgan fingerprint density at radius 1 is 1.00 bits per heavy atom. The number of rotatable bonds is 6. The van der Waals surface area contributed by atoms with Crippen molar-refractivity contribution in [3.8, 4) is 0 Å². The predicted molar refractivity (Wildman–Crippen MR) is 106 cm³/mol. The lowest BCUT2D eigenvalue weighted by Crippen LogP contribution is -2.52. The summed E-state index contributed by atoms with van der Waals surface area (Å²) in [6.07, 6.45) is 0. The van der Waals surface area contributed by atoms with E-state index in [9.17, 15) is 18.0 Å². The highest BCUT2D eigenvalue weighted by Gasteiger charge is 2.29. The molecule has 150 valence electrons. The molecule has 1 fully saturated rings. The van der Waals surface area contributed by atoms with Crippen LogP contribution in [0.4, 0.5) is 4.79 Å². The van der Waals surface area contributed by atoms with E-state index in [1.807, 2.05) is 22.4 Å². The molecule has 0 spiro atoms. The molecule has 28 heavy (non-hydrogen) atoms. The summed E-state index contributed by atoms with van der Waals surface area (Å²) in [6.45, 7) is 1.87. The molecule has 0 atom stereocenters. The highest BCUT2D eigenvalue weighted by atomic mass is 32.2. The summed E-state index contributed by atoms with van der Waals surface area (Å²) in [5.41, 5.74) is 0. The molecular weight excluding hydrogens is 400 g/mol. The van der Waals surface area contributed by atoms with E-state index in [1.165, 1.54) is 15.6 Å². The lowest BCUT2D eigenvalue weighted by atomic mass is 10.3. The zero-order valence-corrected chi connectivity index (χ0v) is 16.8. The lowest BCUT2D eigenvalue weighted by molar-refractivity contribution is -0.121. The van der Waals surface area contributed by atoms with Crippen molar-refractivity contribution in [3.63, 3.8) is 0 Å². The zero-order valence-electron chi connectivity index (χ0n) is 15.2. The summed E-state index contributed by atoms with van der Waals surface area (Å²) in [4.78, 5) is 26.9. The van der Waals surface area contributed by atoms with Crippen molar-refractivity contribution in [2.75, 3.05) is 32.7 Å². The van der Waals surface area contributed by atoms with Crippen LogP contribution in [0.25, 0.3) is 0 Å². The number of thiophene rings is 1. The molecule has 2 heterocycles. The van der Waals surface area contributed by atoms with Crippen molar-refractivity contribution in [2.24, 2.45) is 0 Å². The molecule has 3 amide bonds. The number of urea groups is 1. The van der Waals surface area contributed by atoms with Gasteiger partial charge >= 0.3 is 6.03 Å². The van der Waals surface area contributed by atoms with E-state index in [2.05, 4.69) is 10.6 Å². The predicted octanol–water partition coefficient (Wildman–Crippen LogP) is 1.08. The van der Waals surface area contributed by atoms with E-state index in [0.717, 1.165) is 4.88 Å². The van der Waals surface area contributed by atoms with Gasteiger partial charge in [0.15, 0.2) is 0 Å². The molecule has 2 N–H and O–H groups in total. The molecule has 8 nitrogen and oxygen atoms in total. The third kappa shape index (κ3) is 5.38. The third-order valence-corrected chi connectivity index (χ3v) is 7.12. The van der Waals surface area contributed by atoms with Gasteiger partial charge in [0.1, 0.15) is 0 Å². The molecule has 3 rings (SSSR count). The van der Waals surface area contributed by atoms with E-state index in [0.29, 0.717) is 32.7 Å². The second kappa shape index (κ2) is 9.28. The number of carbonyl (C=O) groups excluding carboxylic acids is 2. The van der Waals surface area contributed by atoms with E-state index in [4.69, 9.17) is 0 Å². The van der Waals surface area contributed by atoms with Crippen molar-refractivity contribution in [2.45, 2.75) is 11.4 Å². The summed E-state index contributed by atoms with van der Waals surface area (Å²) in [5.74, 6) is -0.414. The first kappa shape index (κ1) is 20.5. The van der Waals surface area contributed by atoms with Crippen LogP contribution in [0.1, 0.15) is 4.88 Å². The van der Waals surface area contributed by atoms with Crippen LogP contribution in [-0.4, -0.2) is 62.3 Å². The Balaban J connectivity index is 1.42. The minimum atomic E-state index is -3.52. The summed E-state index contributed by atoms with van der Waals surface area (Å²) >= 11 is 1.52. The van der Waals surface area contributed by atoms with E-state index in [-0.39, 0.29) is 11.4 Å². The molecule has 1 aliphatic heterocycles. The lowest BCUT2D eigenvalue weighted by Gasteiger charge is -2.33. The number of amides is 3. The second-order valence-corrected chi connectivity index (χ2v) is 9.27. The van der Waals surface area contributed by atoms with Crippen LogP contribution in [0.3, 0.4) is 0 Å². The van der Waals surface area contributed by atoms with E-state index in [1.54, 1.807) is 30.3 Å². The maximum absolute atomic E-state index is 12.6. The van der Waals surface area contributed by atoms with Gasteiger partial charge in [0.25, 0.3) is 0 Å². The van der Waals surface area contributed by atoms with Gasteiger partial charge in [0.2, 0.25) is 15.9 Å². The molecular formula is C18H22N4O4S2. The van der Waals surface area contributed by atoms with Crippen LogP contribution >= 0.6 is 11.3 Å². The fourth-order valence-corrected chi connectivity index (χ4v) is 4.95. The molecule has 10 heteroatoms. The summed E-state index contributed by atoms with van der Waals surface area (Å²) in [6, 6.07) is 11.6. The SMILES string of the molecule is O=C(CN1CCN(S(=O)(=O)c2ccccc2)CC1)NC(=O)NCc1cccs1. The molecule has 1 aliphatic rings. The number of benzene rings is 1. The molecule has 0 aliphatic carbocycles. The highest BCUT2D eigenvalue weighted by molar-refractivity contribution is 7.89. The molecule has 0 radical (unpaired) electrons. The largest absolute Gasteiger partial charge is 0.333 e. The number of nitrogens with zero attached hydrogens (tertiary/aromatic N) is 2. The van der Waals surface area contributed by atoms with Gasteiger partial charge in [-0.2, -0.15) is 4.31 Å². The smallest absolute Gasteiger partial charge is 0.321 e. The van der Waals surface area contributed by atoms with Gasteiger partial charge in [-0.25, -0.2) is 13.2 Å². The van der Waals surface area contributed by atoms with Crippen molar-refractivity contribution < 1.29 is 18.0 Å². The number of imide groups is 1. The van der Waals surface area contributed by atoms with Gasteiger partial charge in [-0.05, 0) is 23.6 Å². The maximum atomic E-state index is 12.6. The Bertz CT molecular complexity index is 893. The fraction of sp³-hybridized carbons (Fsp3) is 0.333. The second-order valence-electron chi connectivity index (χ2n) is 6.30. The molecule has 0 bridgehead atoms. The van der Waals surface area contributed by atoms with Crippen LogP contribution in [0.5, 0.6) is 0 Å². The van der Waals surface area contributed by atoms with Crippen LogP contribution in [0, 0.1) is 0 Å². The molecule has 1 saturated heterocycles. The Hall–Kier alpha value is -2.27. The Kier molecular flexibility index (Phi) is 6.79. The monoisotopic (exact) mass is 422 g/mol. The molecule has 1 aromatic carbocycles. The highest BCUT2D eigenvalue weighted by Crippen LogP contribution is 2.17. The molecule has 1 aromatic heterocycles. The Morgan fingerprint density at radius 2 is 1.71 bits per heavy atom. The fourth-order valence-electron chi connectivity index (χ4n) is 2.86. The summed E-state index contributed by atoms with van der Waals surface area (Å²) < 4.78 is 26.6.